The van der Waals surface area contributed by atoms with Crippen LogP contribution >= 0.6 is 11.6 Å². The highest BCUT2D eigenvalue weighted by molar-refractivity contribution is 6.32. The van der Waals surface area contributed by atoms with Gasteiger partial charge in [-0.1, -0.05) is 11.6 Å². The first-order valence-electron chi connectivity index (χ1n) is 12.5. The molecule has 202 valence electrons. The minimum atomic E-state index is -3.13. The maximum absolute atomic E-state index is 14.9. The number of aryl methyl sites for hydroxylation is 1. The summed E-state index contributed by atoms with van der Waals surface area (Å²) >= 11 is 6.37. The van der Waals surface area contributed by atoms with Crippen LogP contribution in [0.4, 0.5) is 31.9 Å². The molecule has 1 saturated carbocycles. The number of alkyl halides is 2. The van der Waals surface area contributed by atoms with Crippen LogP contribution in [-0.4, -0.2) is 68.6 Å². The highest BCUT2D eigenvalue weighted by atomic mass is 35.5. The number of nitrogens with one attached hydrogen (secondary N) is 2. The fraction of sp³-hybridized carbons (Fsp3) is 0.480. The van der Waals surface area contributed by atoms with Crippen LogP contribution in [-0.2, 0) is 7.05 Å². The SMILES string of the molecule is Cn1c(=O)c2c(c3cc(Nc4nc(N5C[C@H](O)C[C@H](O)C5)ncc4Cl)ccc31)NC(C1CC1)C(F)(F)CO2. The van der Waals surface area contributed by atoms with Crippen LogP contribution in [0.15, 0.2) is 29.2 Å². The van der Waals surface area contributed by atoms with Crippen molar-refractivity contribution in [3.8, 4) is 5.75 Å². The Morgan fingerprint density at radius 3 is 2.68 bits per heavy atom. The Kier molecular flexibility index (Phi) is 6.08. The van der Waals surface area contributed by atoms with Crippen molar-refractivity contribution in [3.63, 3.8) is 0 Å². The minimum absolute atomic E-state index is 0.135. The van der Waals surface area contributed by atoms with Crippen molar-refractivity contribution >= 4 is 45.6 Å². The molecule has 1 unspecified atom stereocenters. The fourth-order valence-electron chi connectivity index (χ4n) is 5.23. The zero-order chi connectivity index (χ0) is 26.8. The van der Waals surface area contributed by atoms with Crippen LogP contribution in [0.25, 0.3) is 10.9 Å². The number of rotatable bonds is 4. The van der Waals surface area contributed by atoms with E-state index in [9.17, 15) is 23.8 Å². The van der Waals surface area contributed by atoms with Gasteiger partial charge in [-0.25, -0.2) is 13.8 Å². The van der Waals surface area contributed by atoms with Gasteiger partial charge in [-0.3, -0.25) is 4.79 Å². The van der Waals surface area contributed by atoms with E-state index < -0.39 is 36.3 Å². The molecule has 3 aliphatic rings. The average molecular weight is 549 g/mol. The van der Waals surface area contributed by atoms with Gasteiger partial charge in [0.15, 0.2) is 12.4 Å². The van der Waals surface area contributed by atoms with Crippen LogP contribution in [0.1, 0.15) is 19.3 Å². The van der Waals surface area contributed by atoms with Gasteiger partial charge in [-0.2, -0.15) is 4.98 Å². The zero-order valence-corrected chi connectivity index (χ0v) is 21.3. The first-order chi connectivity index (χ1) is 18.1. The van der Waals surface area contributed by atoms with E-state index in [1.807, 2.05) is 0 Å². The molecular weight excluding hydrogens is 522 g/mol. The van der Waals surface area contributed by atoms with Crippen LogP contribution < -0.4 is 25.8 Å². The van der Waals surface area contributed by atoms with Gasteiger partial charge in [0.05, 0.1) is 35.7 Å². The molecule has 3 atom stereocenters. The second kappa shape index (κ2) is 9.21. The number of pyridine rings is 1. The molecule has 0 spiro atoms. The molecule has 6 rings (SSSR count). The molecule has 1 aliphatic carbocycles. The molecule has 2 fully saturated rings. The van der Waals surface area contributed by atoms with Crippen LogP contribution in [0.5, 0.6) is 5.75 Å². The number of fused-ring (bicyclic) bond motifs is 3. The quantitative estimate of drug-likeness (QED) is 0.389. The maximum atomic E-state index is 14.9. The molecule has 38 heavy (non-hydrogen) atoms. The van der Waals surface area contributed by atoms with Gasteiger partial charge in [0.1, 0.15) is 5.02 Å². The molecule has 2 aliphatic heterocycles. The van der Waals surface area contributed by atoms with Crippen molar-refractivity contribution < 1.29 is 23.7 Å². The summed E-state index contributed by atoms with van der Waals surface area (Å²) in [5, 5.41) is 26.9. The van der Waals surface area contributed by atoms with Crippen molar-refractivity contribution in [1.29, 1.82) is 0 Å². The number of benzene rings is 1. The van der Waals surface area contributed by atoms with Crippen molar-refractivity contribution in [2.24, 2.45) is 13.0 Å². The van der Waals surface area contributed by atoms with Crippen molar-refractivity contribution in [2.45, 2.75) is 43.4 Å². The molecule has 2 aromatic heterocycles. The lowest BCUT2D eigenvalue weighted by Gasteiger charge is -2.33. The standard InChI is InChI=1S/C25H27ClF2N6O4/c1-33-18-5-4-13(30-22-17(26)8-29-24(32-22)34-9-14(35)7-15(36)10-34)6-16(18)19-20(23(33)37)38-11-25(27,28)21(31-19)12-2-3-12/h4-6,8,12,14-15,21,31,35-36H,2-3,7,9-11H2,1H3,(H,29,30,32)/t14-,15+,21?. The highest BCUT2D eigenvalue weighted by Crippen LogP contribution is 2.45. The number of aromatic nitrogens is 3. The average Bonchev–Trinajstić information content (AvgIpc) is 3.71. The molecule has 1 aromatic carbocycles. The van der Waals surface area contributed by atoms with Gasteiger partial charge < -0.3 is 35.1 Å². The molecule has 4 heterocycles. The Bertz CT molecular complexity index is 1460. The van der Waals surface area contributed by atoms with E-state index in [0.717, 1.165) is 0 Å². The normalized spacial score (nSPS) is 24.8. The first kappa shape index (κ1) is 25.1. The van der Waals surface area contributed by atoms with Crippen molar-refractivity contribution in [3.05, 3.63) is 39.8 Å². The summed E-state index contributed by atoms with van der Waals surface area (Å²) in [5.74, 6) is -2.88. The van der Waals surface area contributed by atoms with E-state index in [-0.39, 0.29) is 53.7 Å². The van der Waals surface area contributed by atoms with Crippen LogP contribution in [0.3, 0.4) is 0 Å². The first-order valence-corrected chi connectivity index (χ1v) is 12.8. The van der Waals surface area contributed by atoms with E-state index >= 15 is 0 Å². The van der Waals surface area contributed by atoms with Gasteiger partial charge in [0.2, 0.25) is 11.7 Å². The molecule has 4 N–H and O–H groups in total. The minimum Gasteiger partial charge on any atom is -0.480 e. The molecule has 3 aromatic rings. The summed E-state index contributed by atoms with van der Waals surface area (Å²) in [4.78, 5) is 23.4. The molecule has 1 saturated heterocycles. The molecule has 0 radical (unpaired) electrons. The number of β-amino-alcohol motifs (C(OH)–C–C–N with tert-alkyl or cyclic N) is 2. The summed E-state index contributed by atoms with van der Waals surface area (Å²) in [6.07, 6.45) is 1.67. The second-order valence-electron chi connectivity index (χ2n) is 10.2. The van der Waals surface area contributed by atoms with Gasteiger partial charge in [-0.15, -0.1) is 0 Å². The number of aliphatic hydroxyl groups excluding tert-OH is 2. The predicted molar refractivity (Wildman–Crippen MR) is 139 cm³/mol. The predicted octanol–water partition coefficient (Wildman–Crippen LogP) is 2.88. The lowest BCUT2D eigenvalue weighted by Crippen LogP contribution is -2.46. The third-order valence-corrected chi connectivity index (χ3v) is 7.57. The van der Waals surface area contributed by atoms with E-state index in [1.54, 1.807) is 30.1 Å². The number of ether oxygens (including phenoxy) is 1. The van der Waals surface area contributed by atoms with Crippen LogP contribution in [0.2, 0.25) is 5.02 Å². The summed E-state index contributed by atoms with van der Waals surface area (Å²) in [6.45, 7) is -0.328. The summed E-state index contributed by atoms with van der Waals surface area (Å²) in [6, 6.07) is 4.03. The molecule has 13 heteroatoms. The summed E-state index contributed by atoms with van der Waals surface area (Å²) < 4.78 is 36.6. The van der Waals surface area contributed by atoms with Gasteiger partial charge in [-0.05, 0) is 37.0 Å². The Morgan fingerprint density at radius 2 is 1.97 bits per heavy atom. The number of nitrogens with zero attached hydrogens (tertiary/aromatic N) is 4. The second-order valence-corrected chi connectivity index (χ2v) is 10.7. The maximum Gasteiger partial charge on any atom is 0.301 e. The molecular formula is C25H27ClF2N6O4. The molecule has 10 nitrogen and oxygen atoms in total. The van der Waals surface area contributed by atoms with E-state index in [0.29, 0.717) is 29.4 Å². The van der Waals surface area contributed by atoms with E-state index in [4.69, 9.17) is 16.3 Å². The van der Waals surface area contributed by atoms with Gasteiger partial charge >= 0.3 is 5.92 Å². The highest BCUT2D eigenvalue weighted by Gasteiger charge is 2.51. The Morgan fingerprint density at radius 1 is 1.24 bits per heavy atom. The van der Waals surface area contributed by atoms with Crippen molar-refractivity contribution in [2.75, 3.05) is 35.2 Å². The lowest BCUT2D eigenvalue weighted by molar-refractivity contribution is -0.0579. The summed E-state index contributed by atoms with van der Waals surface area (Å²) in [7, 11) is 1.57. The molecule has 0 bridgehead atoms. The van der Waals surface area contributed by atoms with Gasteiger partial charge in [0.25, 0.3) is 5.56 Å². The number of piperidine rings is 1. The summed E-state index contributed by atoms with van der Waals surface area (Å²) in [5.41, 5.74) is 0.833. The van der Waals surface area contributed by atoms with Gasteiger partial charge in [0, 0.05) is 37.6 Å². The third kappa shape index (κ3) is 4.50. The Hall–Kier alpha value is -3.22. The smallest absolute Gasteiger partial charge is 0.301 e. The topological polar surface area (TPSA) is 125 Å². The monoisotopic (exact) mass is 548 g/mol. The number of hydrogen-bond donors (Lipinski definition) is 4. The Labute approximate surface area is 221 Å². The lowest BCUT2D eigenvalue weighted by atomic mass is 10.0. The number of aliphatic hydroxyl groups is 2. The van der Waals surface area contributed by atoms with Crippen molar-refractivity contribution in [1.82, 2.24) is 14.5 Å². The Balaban J connectivity index is 1.38. The zero-order valence-electron chi connectivity index (χ0n) is 20.5. The molecule has 0 amide bonds. The number of anilines is 4. The largest absolute Gasteiger partial charge is 0.480 e. The van der Waals surface area contributed by atoms with E-state index in [2.05, 4.69) is 20.6 Å². The fourth-order valence-corrected chi connectivity index (χ4v) is 5.37. The van der Waals surface area contributed by atoms with Crippen LogP contribution in [0, 0.1) is 5.92 Å². The number of halogens is 3. The third-order valence-electron chi connectivity index (χ3n) is 7.29. The van der Waals surface area contributed by atoms with E-state index in [1.165, 1.54) is 10.8 Å². The number of hydrogen-bond acceptors (Lipinski definition) is 9.